The molecular formula is C20H25ClN2O. The second kappa shape index (κ2) is 8.74. The first kappa shape index (κ1) is 18.3. The van der Waals surface area contributed by atoms with Crippen molar-refractivity contribution in [3.05, 3.63) is 60.2 Å². The summed E-state index contributed by atoms with van der Waals surface area (Å²) < 4.78 is 0. The summed E-state index contributed by atoms with van der Waals surface area (Å²) in [5.41, 5.74) is 3.14. The Morgan fingerprint density at radius 2 is 1.67 bits per heavy atom. The summed E-state index contributed by atoms with van der Waals surface area (Å²) in [5, 5.41) is 3.16. The third-order valence-corrected chi connectivity index (χ3v) is 4.54. The molecule has 1 aliphatic heterocycles. The van der Waals surface area contributed by atoms with Crippen molar-refractivity contribution >= 4 is 29.7 Å². The van der Waals surface area contributed by atoms with Crippen molar-refractivity contribution in [2.45, 2.75) is 32.1 Å². The first-order valence-corrected chi connectivity index (χ1v) is 8.49. The molecule has 24 heavy (non-hydrogen) atoms. The molecule has 2 aromatic carbocycles. The Morgan fingerprint density at radius 1 is 1.04 bits per heavy atom. The van der Waals surface area contributed by atoms with E-state index in [0.717, 1.165) is 36.4 Å². The van der Waals surface area contributed by atoms with Gasteiger partial charge in [-0.15, -0.1) is 12.4 Å². The van der Waals surface area contributed by atoms with Crippen LogP contribution in [0.2, 0.25) is 0 Å². The van der Waals surface area contributed by atoms with Crippen molar-refractivity contribution in [3.63, 3.8) is 0 Å². The molecule has 1 atom stereocenters. The Kier molecular flexibility index (Phi) is 6.68. The maximum atomic E-state index is 12.8. The van der Waals surface area contributed by atoms with Crippen LogP contribution >= 0.6 is 12.4 Å². The molecule has 0 bridgehead atoms. The number of amides is 1. The molecule has 0 aromatic heterocycles. The van der Waals surface area contributed by atoms with Gasteiger partial charge in [-0.1, -0.05) is 49.4 Å². The van der Waals surface area contributed by atoms with E-state index >= 15 is 0 Å². The fourth-order valence-corrected chi connectivity index (χ4v) is 3.29. The van der Waals surface area contributed by atoms with Gasteiger partial charge in [0.2, 0.25) is 5.91 Å². The third-order valence-electron chi connectivity index (χ3n) is 4.54. The number of nitrogens with zero attached hydrogens (tertiary/aromatic N) is 1. The van der Waals surface area contributed by atoms with Crippen LogP contribution in [-0.4, -0.2) is 19.0 Å². The molecule has 1 heterocycles. The molecule has 1 saturated heterocycles. The van der Waals surface area contributed by atoms with E-state index in [0.29, 0.717) is 0 Å². The van der Waals surface area contributed by atoms with Crippen LogP contribution in [-0.2, 0) is 4.79 Å². The van der Waals surface area contributed by atoms with E-state index in [4.69, 9.17) is 0 Å². The zero-order chi connectivity index (χ0) is 16.1. The highest BCUT2D eigenvalue weighted by molar-refractivity contribution is 5.98. The molecule has 0 radical (unpaired) electrons. The summed E-state index contributed by atoms with van der Waals surface area (Å²) in [7, 11) is 0. The number of hydrogen-bond acceptors (Lipinski definition) is 2. The van der Waals surface area contributed by atoms with Gasteiger partial charge in [0.05, 0.1) is 17.3 Å². The van der Waals surface area contributed by atoms with Crippen LogP contribution in [0.25, 0.3) is 0 Å². The summed E-state index contributed by atoms with van der Waals surface area (Å²) >= 11 is 0. The highest BCUT2D eigenvalue weighted by Gasteiger charge is 2.21. The van der Waals surface area contributed by atoms with Gasteiger partial charge < -0.3 is 10.2 Å². The van der Waals surface area contributed by atoms with Gasteiger partial charge in [-0.3, -0.25) is 4.79 Å². The predicted molar refractivity (Wildman–Crippen MR) is 103 cm³/mol. The lowest BCUT2D eigenvalue weighted by Crippen LogP contribution is -2.24. The van der Waals surface area contributed by atoms with E-state index in [9.17, 15) is 4.79 Å². The maximum absolute atomic E-state index is 12.8. The number of hydrogen-bond donors (Lipinski definition) is 1. The monoisotopic (exact) mass is 344 g/mol. The summed E-state index contributed by atoms with van der Waals surface area (Å²) in [6, 6.07) is 18.1. The van der Waals surface area contributed by atoms with Gasteiger partial charge in [0.1, 0.15) is 0 Å². The van der Waals surface area contributed by atoms with Crippen molar-refractivity contribution in [3.8, 4) is 0 Å². The van der Waals surface area contributed by atoms with Crippen LogP contribution in [0.4, 0.5) is 11.4 Å². The smallest absolute Gasteiger partial charge is 0.231 e. The Balaban J connectivity index is 0.00000208. The molecule has 1 N–H and O–H groups in total. The molecule has 3 rings (SSSR count). The quantitative estimate of drug-likeness (QED) is 0.841. The zero-order valence-electron chi connectivity index (χ0n) is 14.1. The number of carbonyl (C=O) groups is 1. The SMILES string of the molecule is CCC(C(=O)Nc1ccccc1N1CCCC1)c1ccccc1.Cl. The first-order valence-electron chi connectivity index (χ1n) is 8.49. The van der Waals surface area contributed by atoms with Crippen LogP contribution < -0.4 is 10.2 Å². The van der Waals surface area contributed by atoms with Crippen LogP contribution in [0.15, 0.2) is 54.6 Å². The van der Waals surface area contributed by atoms with E-state index in [2.05, 4.69) is 23.2 Å². The number of para-hydroxylation sites is 2. The lowest BCUT2D eigenvalue weighted by Gasteiger charge is -2.23. The van der Waals surface area contributed by atoms with Gasteiger partial charge >= 0.3 is 0 Å². The van der Waals surface area contributed by atoms with E-state index in [-0.39, 0.29) is 24.2 Å². The average Bonchev–Trinajstić information content (AvgIpc) is 3.11. The molecule has 0 saturated carbocycles. The van der Waals surface area contributed by atoms with Crippen LogP contribution in [0.1, 0.15) is 37.7 Å². The largest absolute Gasteiger partial charge is 0.370 e. The van der Waals surface area contributed by atoms with Gasteiger partial charge in [0.15, 0.2) is 0 Å². The minimum absolute atomic E-state index is 0. The highest BCUT2D eigenvalue weighted by Crippen LogP contribution is 2.30. The predicted octanol–water partition coefficient (Wildman–Crippen LogP) is 4.84. The molecule has 0 spiro atoms. The normalized spacial score (nSPS) is 14.8. The van der Waals surface area contributed by atoms with Gasteiger partial charge in [0.25, 0.3) is 0 Å². The summed E-state index contributed by atoms with van der Waals surface area (Å²) in [6.07, 6.45) is 3.25. The van der Waals surface area contributed by atoms with Crippen molar-refractivity contribution in [1.82, 2.24) is 0 Å². The topological polar surface area (TPSA) is 32.3 Å². The van der Waals surface area contributed by atoms with Gasteiger partial charge in [0, 0.05) is 13.1 Å². The highest BCUT2D eigenvalue weighted by atomic mass is 35.5. The molecule has 0 aliphatic carbocycles. The maximum Gasteiger partial charge on any atom is 0.231 e. The third kappa shape index (κ3) is 4.09. The molecule has 1 fully saturated rings. The lowest BCUT2D eigenvalue weighted by molar-refractivity contribution is -0.117. The van der Waals surface area contributed by atoms with E-state index < -0.39 is 0 Å². The number of anilines is 2. The van der Waals surface area contributed by atoms with Crippen molar-refractivity contribution in [1.29, 1.82) is 0 Å². The molecule has 2 aromatic rings. The van der Waals surface area contributed by atoms with Crippen molar-refractivity contribution in [2.75, 3.05) is 23.3 Å². The Hall–Kier alpha value is -2.00. The molecule has 3 nitrogen and oxygen atoms in total. The number of halogens is 1. The second-order valence-corrected chi connectivity index (χ2v) is 6.07. The number of rotatable bonds is 5. The van der Waals surface area contributed by atoms with Crippen molar-refractivity contribution < 1.29 is 4.79 Å². The minimum atomic E-state index is -0.108. The van der Waals surface area contributed by atoms with E-state index in [1.165, 1.54) is 12.8 Å². The first-order chi connectivity index (χ1) is 11.3. The minimum Gasteiger partial charge on any atom is -0.370 e. The standard InChI is InChI=1S/C20H24N2O.ClH/c1-2-17(16-10-4-3-5-11-16)20(23)21-18-12-6-7-13-19(18)22-14-8-9-15-22;/h3-7,10-13,17H,2,8-9,14-15H2,1H3,(H,21,23);1H. The molecule has 1 amide bonds. The van der Waals surface area contributed by atoms with Gasteiger partial charge in [-0.25, -0.2) is 0 Å². The Labute approximate surface area is 150 Å². The molecule has 128 valence electrons. The number of nitrogens with one attached hydrogen (secondary N) is 1. The van der Waals surface area contributed by atoms with Gasteiger partial charge in [-0.2, -0.15) is 0 Å². The Bertz CT molecular complexity index is 654. The Morgan fingerprint density at radius 3 is 2.33 bits per heavy atom. The fourth-order valence-electron chi connectivity index (χ4n) is 3.29. The van der Waals surface area contributed by atoms with Crippen molar-refractivity contribution in [2.24, 2.45) is 0 Å². The average molecular weight is 345 g/mol. The fraction of sp³-hybridized carbons (Fsp3) is 0.350. The van der Waals surface area contributed by atoms with Crippen LogP contribution in [0.3, 0.4) is 0 Å². The summed E-state index contributed by atoms with van der Waals surface area (Å²) in [6.45, 7) is 4.20. The molecular weight excluding hydrogens is 320 g/mol. The number of benzene rings is 2. The molecule has 4 heteroatoms. The summed E-state index contributed by atoms with van der Waals surface area (Å²) in [5.74, 6) is -0.0341. The van der Waals surface area contributed by atoms with E-state index in [1.807, 2.05) is 48.5 Å². The zero-order valence-corrected chi connectivity index (χ0v) is 14.9. The molecule has 1 aliphatic rings. The summed E-state index contributed by atoms with van der Waals surface area (Å²) in [4.78, 5) is 15.1. The second-order valence-electron chi connectivity index (χ2n) is 6.07. The molecule has 1 unspecified atom stereocenters. The van der Waals surface area contributed by atoms with Gasteiger partial charge in [-0.05, 0) is 37.0 Å². The van der Waals surface area contributed by atoms with Crippen LogP contribution in [0, 0.1) is 0 Å². The lowest BCUT2D eigenvalue weighted by atomic mass is 9.95. The van der Waals surface area contributed by atoms with Crippen LogP contribution in [0.5, 0.6) is 0 Å². The van der Waals surface area contributed by atoms with E-state index in [1.54, 1.807) is 0 Å². The number of carbonyl (C=O) groups excluding carboxylic acids is 1.